The number of para-hydroxylation sites is 1. The first-order chi connectivity index (χ1) is 15.5. The summed E-state index contributed by atoms with van der Waals surface area (Å²) in [7, 11) is 2.96. The molecule has 8 heteroatoms. The van der Waals surface area contributed by atoms with Gasteiger partial charge in [0, 0.05) is 57.8 Å². The van der Waals surface area contributed by atoms with Gasteiger partial charge in [0.2, 0.25) is 0 Å². The fraction of sp³-hybridized carbons (Fsp3) is 0.250. The Kier molecular flexibility index (Phi) is 8.02. The second kappa shape index (κ2) is 10.5. The lowest BCUT2D eigenvalue weighted by Crippen LogP contribution is -2.54. The van der Waals surface area contributed by atoms with Crippen molar-refractivity contribution in [2.75, 3.05) is 40.4 Å². The molecule has 170 valence electrons. The second-order valence-electron chi connectivity index (χ2n) is 7.29. The molecule has 0 radical (unpaired) electrons. The highest BCUT2D eigenvalue weighted by Crippen LogP contribution is 2.33. The summed E-state index contributed by atoms with van der Waals surface area (Å²) in [6.45, 7) is 2.03. The molecule has 0 atom stereocenters. The fourth-order valence-corrected chi connectivity index (χ4v) is 6.87. The first-order valence-corrected chi connectivity index (χ1v) is 14.3. The Balaban J connectivity index is 2.04. The maximum atomic E-state index is 5.69. The van der Waals surface area contributed by atoms with Crippen LogP contribution in [0, 0.1) is 0 Å². The van der Waals surface area contributed by atoms with Crippen LogP contribution < -0.4 is 15.3 Å². The highest BCUT2D eigenvalue weighted by molar-refractivity contribution is 6.79. The van der Waals surface area contributed by atoms with Gasteiger partial charge in [-0.05, 0) is 48.1 Å². The van der Waals surface area contributed by atoms with E-state index in [0.717, 1.165) is 27.4 Å². The quantitative estimate of drug-likeness (QED) is 0.421. The molecule has 32 heavy (non-hydrogen) atoms. The largest absolute Gasteiger partial charge is 0.536 e. The van der Waals surface area contributed by atoms with Crippen LogP contribution in [-0.4, -0.2) is 52.9 Å². The van der Waals surface area contributed by atoms with Gasteiger partial charge in [0.1, 0.15) is 0 Å². The highest BCUT2D eigenvalue weighted by atomic mass is 28.4. The normalized spacial score (nSPS) is 12.1. The summed E-state index contributed by atoms with van der Waals surface area (Å²) in [5, 5.41) is 1.98. The number of anilines is 3. The topological polar surface area (TPSA) is 49.4 Å². The average molecular weight is 470 g/mol. The zero-order valence-corrected chi connectivity index (χ0v) is 21.5. The fourth-order valence-electron chi connectivity index (χ4n) is 3.67. The molecule has 0 saturated heterocycles. The molecule has 0 N–H and O–H groups in total. The first-order valence-electron chi connectivity index (χ1n) is 10.3. The Morgan fingerprint density at radius 1 is 0.500 bits per heavy atom. The summed E-state index contributed by atoms with van der Waals surface area (Å²) in [5.74, 6) is 0. The molecule has 0 amide bonds. The van der Waals surface area contributed by atoms with Gasteiger partial charge in [0.05, 0.1) is 0 Å². The number of hydrogen-bond donors (Lipinski definition) is 0. The molecule has 0 aliphatic rings. The smallest absolute Gasteiger partial charge is 0.394 e. The molecule has 0 bridgehead atoms. The summed E-state index contributed by atoms with van der Waals surface area (Å²) < 4.78 is 28.2. The van der Waals surface area contributed by atoms with E-state index in [2.05, 4.69) is 53.4 Å². The van der Waals surface area contributed by atoms with Crippen molar-refractivity contribution in [1.29, 1.82) is 0 Å². The maximum Gasteiger partial charge on any atom is 0.536 e. The van der Waals surface area contributed by atoms with Gasteiger partial charge in [0.15, 0.2) is 0 Å². The third-order valence-corrected chi connectivity index (χ3v) is 11.3. The lowest BCUT2D eigenvalue weighted by atomic mass is 10.2. The Labute approximate surface area is 192 Å². The Bertz CT molecular complexity index is 967. The van der Waals surface area contributed by atoms with Gasteiger partial charge in [-0.3, -0.25) is 0 Å². The zero-order valence-electron chi connectivity index (χ0n) is 19.5. The molecule has 0 aromatic heterocycles. The number of hydrogen-bond acceptors (Lipinski definition) is 6. The van der Waals surface area contributed by atoms with E-state index in [1.807, 2.05) is 36.9 Å². The summed E-state index contributed by atoms with van der Waals surface area (Å²) in [6.07, 6.45) is 0. The van der Waals surface area contributed by atoms with Gasteiger partial charge >= 0.3 is 17.4 Å². The van der Waals surface area contributed by atoms with Crippen molar-refractivity contribution >= 4 is 44.8 Å². The molecule has 0 aliphatic carbocycles. The van der Waals surface area contributed by atoms with Crippen LogP contribution >= 0.6 is 0 Å². The van der Waals surface area contributed by atoms with E-state index in [1.54, 1.807) is 35.5 Å². The Morgan fingerprint density at radius 3 is 1.31 bits per heavy atom. The van der Waals surface area contributed by atoms with Gasteiger partial charge < -0.3 is 27.0 Å². The van der Waals surface area contributed by atoms with Crippen molar-refractivity contribution < 1.29 is 22.1 Å². The molecule has 0 unspecified atom stereocenters. The maximum absolute atomic E-state index is 5.69. The summed E-state index contributed by atoms with van der Waals surface area (Å²) in [5.41, 5.74) is 3.10. The van der Waals surface area contributed by atoms with Crippen molar-refractivity contribution in [3.05, 3.63) is 78.9 Å². The van der Waals surface area contributed by atoms with Crippen LogP contribution in [0.15, 0.2) is 78.9 Å². The predicted molar refractivity (Wildman–Crippen MR) is 133 cm³/mol. The van der Waals surface area contributed by atoms with E-state index in [0.29, 0.717) is 0 Å². The van der Waals surface area contributed by atoms with Crippen LogP contribution in [-0.2, 0) is 22.1 Å². The summed E-state index contributed by atoms with van der Waals surface area (Å²) in [4.78, 5) is 2.20. The van der Waals surface area contributed by atoms with Gasteiger partial charge in [0.25, 0.3) is 0 Å². The molecule has 3 aromatic carbocycles. The minimum atomic E-state index is -2.89. The molecule has 3 rings (SSSR count). The molecule has 0 fully saturated rings. The van der Waals surface area contributed by atoms with E-state index in [4.69, 9.17) is 22.1 Å². The Hall–Kier alpha value is -2.31. The monoisotopic (exact) mass is 469 g/mol. The predicted octanol–water partition coefficient (Wildman–Crippen LogP) is 3.81. The van der Waals surface area contributed by atoms with Crippen molar-refractivity contribution in [3.8, 4) is 0 Å². The standard InChI is InChI=1S/C24H31NO5Si2/c1-26-31(6,27-2)23-16-12-21(13-17-23)25(20-10-8-7-9-11-20)22-14-18-24(19-15-22)32(28-3,29-4)30-5/h7-19H,1-6H3. The first kappa shape index (κ1) is 24.3. The second-order valence-corrected chi connectivity index (χ2v) is 13.5. The minimum Gasteiger partial charge on any atom is -0.394 e. The molecular weight excluding hydrogens is 438 g/mol. The molecule has 0 heterocycles. The van der Waals surface area contributed by atoms with E-state index < -0.39 is 17.4 Å². The van der Waals surface area contributed by atoms with Gasteiger partial charge in [-0.15, -0.1) is 0 Å². The number of rotatable bonds is 10. The average Bonchev–Trinajstić information content (AvgIpc) is 2.87. The molecule has 6 nitrogen and oxygen atoms in total. The van der Waals surface area contributed by atoms with Crippen molar-refractivity contribution in [1.82, 2.24) is 0 Å². The number of nitrogens with zero attached hydrogens (tertiary/aromatic N) is 1. The summed E-state index contributed by atoms with van der Waals surface area (Å²) >= 11 is 0. The van der Waals surface area contributed by atoms with Gasteiger partial charge in [-0.2, -0.15) is 0 Å². The van der Waals surface area contributed by atoms with E-state index in [1.165, 1.54) is 0 Å². The van der Waals surface area contributed by atoms with Crippen LogP contribution in [0.2, 0.25) is 6.55 Å². The molecule has 0 spiro atoms. The lowest BCUT2D eigenvalue weighted by Gasteiger charge is -2.28. The zero-order chi connectivity index (χ0) is 23.2. The lowest BCUT2D eigenvalue weighted by molar-refractivity contribution is 0.140. The van der Waals surface area contributed by atoms with Crippen LogP contribution in [0.25, 0.3) is 0 Å². The highest BCUT2D eigenvalue weighted by Gasteiger charge is 2.40. The van der Waals surface area contributed by atoms with Crippen LogP contribution in [0.5, 0.6) is 0 Å². The van der Waals surface area contributed by atoms with Crippen LogP contribution in [0.1, 0.15) is 0 Å². The summed E-state index contributed by atoms with van der Waals surface area (Å²) in [6, 6.07) is 26.7. The molecule has 3 aromatic rings. The van der Waals surface area contributed by atoms with E-state index in [9.17, 15) is 0 Å². The van der Waals surface area contributed by atoms with Crippen molar-refractivity contribution in [3.63, 3.8) is 0 Å². The molecule has 0 aliphatic heterocycles. The minimum absolute atomic E-state index is 0.902. The Morgan fingerprint density at radius 2 is 0.906 bits per heavy atom. The third kappa shape index (κ3) is 4.71. The van der Waals surface area contributed by atoms with Crippen molar-refractivity contribution in [2.24, 2.45) is 0 Å². The third-order valence-electron chi connectivity index (χ3n) is 5.73. The van der Waals surface area contributed by atoms with E-state index in [-0.39, 0.29) is 0 Å². The van der Waals surface area contributed by atoms with Crippen LogP contribution in [0.3, 0.4) is 0 Å². The number of benzene rings is 3. The molecule has 0 saturated carbocycles. The molecular formula is C24H31NO5Si2. The van der Waals surface area contributed by atoms with Crippen LogP contribution in [0.4, 0.5) is 17.1 Å². The van der Waals surface area contributed by atoms with Gasteiger partial charge in [-0.25, -0.2) is 0 Å². The SMILES string of the molecule is CO[Si](C)(OC)c1ccc(N(c2ccccc2)c2ccc([Si](OC)(OC)OC)cc2)cc1. The van der Waals surface area contributed by atoms with E-state index >= 15 is 0 Å². The van der Waals surface area contributed by atoms with Gasteiger partial charge in [-0.1, -0.05) is 42.5 Å². The van der Waals surface area contributed by atoms with Crippen molar-refractivity contribution in [2.45, 2.75) is 6.55 Å².